The Balaban J connectivity index is 2.38. The third kappa shape index (κ3) is 3.02. The third-order valence-corrected chi connectivity index (χ3v) is 3.03. The topological polar surface area (TPSA) is 44.1 Å². The minimum atomic E-state index is -0.532. The summed E-state index contributed by atoms with van der Waals surface area (Å²) in [5.74, 6) is -0.381. The van der Waals surface area contributed by atoms with Crippen molar-refractivity contribution in [1.29, 1.82) is 0 Å². The van der Waals surface area contributed by atoms with Crippen molar-refractivity contribution < 1.29 is 9.53 Å². The minimum absolute atomic E-state index is 0.381. The lowest BCUT2D eigenvalue weighted by atomic mass is 10.2. The van der Waals surface area contributed by atoms with Gasteiger partial charge in [0.2, 0.25) is 0 Å². The Morgan fingerprint density at radius 1 is 1.30 bits per heavy atom. The molecule has 0 aliphatic rings. The number of benzene rings is 1. The summed E-state index contributed by atoms with van der Waals surface area (Å²) in [6, 6.07) is 7.35. The smallest absolute Gasteiger partial charge is 0.342 e. The second kappa shape index (κ2) is 5.29. The van der Waals surface area contributed by atoms with E-state index in [1.165, 1.54) is 6.20 Å². The molecular weight excluding hydrogens is 276 g/mol. The average Bonchev–Trinajstić information content (AvgIpc) is 2.69. The average molecular weight is 293 g/mol. The molecule has 0 radical (unpaired) electrons. The number of halogens is 1. The van der Waals surface area contributed by atoms with E-state index < -0.39 is 5.60 Å². The van der Waals surface area contributed by atoms with Crippen molar-refractivity contribution in [3.63, 3.8) is 0 Å². The van der Waals surface area contributed by atoms with Crippen molar-refractivity contribution in [3.8, 4) is 5.69 Å². The summed E-state index contributed by atoms with van der Waals surface area (Å²) in [6.45, 7) is 7.31. The Labute approximate surface area is 123 Å². The predicted octanol–water partition coefficient (Wildman–Crippen LogP) is 3.79. The molecule has 0 fully saturated rings. The number of hydrogen-bond acceptors (Lipinski definition) is 3. The molecule has 0 unspecified atom stereocenters. The molecule has 0 atom stereocenters. The number of esters is 1. The molecule has 20 heavy (non-hydrogen) atoms. The van der Waals surface area contributed by atoms with E-state index >= 15 is 0 Å². The van der Waals surface area contributed by atoms with Crippen LogP contribution >= 0.6 is 11.6 Å². The van der Waals surface area contributed by atoms with Crippen LogP contribution in [0.3, 0.4) is 0 Å². The summed E-state index contributed by atoms with van der Waals surface area (Å²) in [5, 5.41) is 4.81. The van der Waals surface area contributed by atoms with Crippen LogP contribution < -0.4 is 0 Å². The zero-order valence-electron chi connectivity index (χ0n) is 12.0. The van der Waals surface area contributed by atoms with Crippen molar-refractivity contribution in [1.82, 2.24) is 9.78 Å². The number of hydrogen-bond donors (Lipinski definition) is 0. The van der Waals surface area contributed by atoms with Gasteiger partial charge in [-0.3, -0.25) is 0 Å². The third-order valence-electron chi connectivity index (χ3n) is 2.71. The van der Waals surface area contributed by atoms with Crippen LogP contribution in [-0.4, -0.2) is 21.4 Å². The molecule has 1 aromatic carbocycles. The van der Waals surface area contributed by atoms with E-state index in [2.05, 4.69) is 5.10 Å². The van der Waals surface area contributed by atoms with Gasteiger partial charge in [-0.25, -0.2) is 9.48 Å². The first kappa shape index (κ1) is 14.6. The van der Waals surface area contributed by atoms with E-state index in [1.807, 2.05) is 45.9 Å². The highest BCUT2D eigenvalue weighted by Gasteiger charge is 2.22. The van der Waals surface area contributed by atoms with Gasteiger partial charge in [-0.15, -0.1) is 0 Å². The number of para-hydroxylation sites is 1. The molecule has 1 aromatic heterocycles. The van der Waals surface area contributed by atoms with Crippen LogP contribution in [0, 0.1) is 6.92 Å². The first-order valence-corrected chi connectivity index (χ1v) is 6.70. The largest absolute Gasteiger partial charge is 0.456 e. The Bertz CT molecular complexity index is 642. The Kier molecular flexibility index (Phi) is 3.86. The molecule has 106 valence electrons. The first-order chi connectivity index (χ1) is 9.29. The van der Waals surface area contributed by atoms with Crippen molar-refractivity contribution in [2.24, 2.45) is 0 Å². The zero-order chi connectivity index (χ0) is 14.9. The van der Waals surface area contributed by atoms with E-state index in [9.17, 15) is 4.79 Å². The van der Waals surface area contributed by atoms with E-state index in [4.69, 9.17) is 16.3 Å². The lowest BCUT2D eigenvalue weighted by molar-refractivity contribution is 0.00687. The van der Waals surface area contributed by atoms with E-state index in [0.29, 0.717) is 16.3 Å². The van der Waals surface area contributed by atoms with Gasteiger partial charge in [0.05, 0.1) is 22.6 Å². The number of ether oxygens (including phenoxy) is 1. The summed E-state index contributed by atoms with van der Waals surface area (Å²) in [5.41, 5.74) is 1.35. The van der Waals surface area contributed by atoms with E-state index in [1.54, 1.807) is 10.7 Å². The van der Waals surface area contributed by atoms with Crippen LogP contribution in [0.5, 0.6) is 0 Å². The fourth-order valence-corrected chi connectivity index (χ4v) is 2.03. The standard InChI is InChI=1S/C15H17ClN2O2/c1-10-11(14(19)20-15(2,3)4)9-17-18(10)13-8-6-5-7-12(13)16/h5-9H,1-4H3. The lowest BCUT2D eigenvalue weighted by Gasteiger charge is -2.19. The molecule has 2 rings (SSSR count). The van der Waals surface area contributed by atoms with E-state index in [0.717, 1.165) is 5.69 Å². The van der Waals surface area contributed by atoms with Crippen molar-refractivity contribution in [2.75, 3.05) is 0 Å². The molecule has 0 N–H and O–H groups in total. The lowest BCUT2D eigenvalue weighted by Crippen LogP contribution is -2.24. The van der Waals surface area contributed by atoms with Gasteiger partial charge >= 0.3 is 5.97 Å². The maximum Gasteiger partial charge on any atom is 0.342 e. The second-order valence-electron chi connectivity index (χ2n) is 5.51. The van der Waals surface area contributed by atoms with Gasteiger partial charge < -0.3 is 4.74 Å². The summed E-state index contributed by atoms with van der Waals surface area (Å²) >= 11 is 6.15. The predicted molar refractivity (Wildman–Crippen MR) is 78.5 cm³/mol. The van der Waals surface area contributed by atoms with Crippen molar-refractivity contribution in [3.05, 3.63) is 46.7 Å². The minimum Gasteiger partial charge on any atom is -0.456 e. The fourth-order valence-electron chi connectivity index (χ4n) is 1.81. The summed E-state index contributed by atoms with van der Waals surface area (Å²) < 4.78 is 7.00. The maximum absolute atomic E-state index is 12.1. The van der Waals surface area contributed by atoms with Crippen molar-refractivity contribution >= 4 is 17.6 Å². The van der Waals surface area contributed by atoms with Crippen LogP contribution in [0.4, 0.5) is 0 Å². The van der Waals surface area contributed by atoms with Gasteiger partial charge in [0.25, 0.3) is 0 Å². The highest BCUT2D eigenvalue weighted by atomic mass is 35.5. The molecule has 0 spiro atoms. The molecule has 0 bridgehead atoms. The number of carbonyl (C=O) groups excluding carboxylic acids is 1. The molecule has 0 saturated heterocycles. The maximum atomic E-state index is 12.1. The van der Waals surface area contributed by atoms with Gasteiger partial charge in [-0.1, -0.05) is 23.7 Å². The van der Waals surface area contributed by atoms with Crippen LogP contribution in [0.1, 0.15) is 36.8 Å². The highest BCUT2D eigenvalue weighted by molar-refractivity contribution is 6.32. The molecule has 0 saturated carbocycles. The normalized spacial score (nSPS) is 11.4. The summed E-state index contributed by atoms with van der Waals surface area (Å²) in [4.78, 5) is 12.1. The summed E-state index contributed by atoms with van der Waals surface area (Å²) in [7, 11) is 0. The zero-order valence-corrected chi connectivity index (χ0v) is 12.7. The van der Waals surface area contributed by atoms with Crippen LogP contribution in [0.15, 0.2) is 30.5 Å². The quantitative estimate of drug-likeness (QED) is 0.791. The monoisotopic (exact) mass is 292 g/mol. The summed E-state index contributed by atoms with van der Waals surface area (Å²) in [6.07, 6.45) is 1.51. The molecule has 1 heterocycles. The van der Waals surface area contributed by atoms with Gasteiger partial charge in [0.15, 0.2) is 0 Å². The molecule has 0 aliphatic heterocycles. The van der Waals surface area contributed by atoms with Crippen molar-refractivity contribution in [2.45, 2.75) is 33.3 Å². The van der Waals surface area contributed by atoms with Gasteiger partial charge in [0.1, 0.15) is 11.2 Å². The number of carbonyl (C=O) groups is 1. The Morgan fingerprint density at radius 2 is 1.95 bits per heavy atom. The van der Waals surface area contributed by atoms with Crippen LogP contribution in [0.25, 0.3) is 5.69 Å². The SMILES string of the molecule is Cc1c(C(=O)OC(C)(C)C)cnn1-c1ccccc1Cl. The molecule has 4 nitrogen and oxygen atoms in total. The second-order valence-corrected chi connectivity index (χ2v) is 5.92. The van der Waals surface area contributed by atoms with Gasteiger partial charge in [-0.2, -0.15) is 5.10 Å². The van der Waals surface area contributed by atoms with E-state index in [-0.39, 0.29) is 5.97 Å². The molecular formula is C15H17ClN2O2. The first-order valence-electron chi connectivity index (χ1n) is 6.32. The number of nitrogens with zero attached hydrogens (tertiary/aromatic N) is 2. The highest BCUT2D eigenvalue weighted by Crippen LogP contribution is 2.23. The molecule has 0 aliphatic carbocycles. The van der Waals surface area contributed by atoms with Crippen LogP contribution in [-0.2, 0) is 4.74 Å². The Hall–Kier alpha value is -1.81. The fraction of sp³-hybridized carbons (Fsp3) is 0.333. The Morgan fingerprint density at radius 3 is 2.55 bits per heavy atom. The van der Waals surface area contributed by atoms with Gasteiger partial charge in [-0.05, 0) is 39.8 Å². The van der Waals surface area contributed by atoms with Gasteiger partial charge in [0, 0.05) is 0 Å². The number of aromatic nitrogens is 2. The molecule has 2 aromatic rings. The van der Waals surface area contributed by atoms with Crippen LogP contribution in [0.2, 0.25) is 5.02 Å². The molecule has 5 heteroatoms. The molecule has 0 amide bonds. The number of rotatable bonds is 2.